The van der Waals surface area contributed by atoms with Crippen LogP contribution in [0.3, 0.4) is 0 Å². The molecule has 1 aliphatic heterocycles. The van der Waals surface area contributed by atoms with Gasteiger partial charge in [0.1, 0.15) is 11.5 Å². The fourth-order valence-electron chi connectivity index (χ4n) is 3.90. The highest BCUT2D eigenvalue weighted by atomic mass is 16.5. The number of hydrogen-bond donors (Lipinski definition) is 2. The molecule has 1 unspecified atom stereocenters. The van der Waals surface area contributed by atoms with E-state index in [-0.39, 0.29) is 11.7 Å². The van der Waals surface area contributed by atoms with Gasteiger partial charge in [-0.3, -0.25) is 9.69 Å². The Morgan fingerprint density at radius 1 is 0.968 bits per heavy atom. The molecule has 0 radical (unpaired) electrons. The number of ether oxygens (including phenoxy) is 1. The van der Waals surface area contributed by atoms with Gasteiger partial charge in [0.05, 0.1) is 6.61 Å². The van der Waals surface area contributed by atoms with Crippen molar-refractivity contribution in [2.45, 2.75) is 31.7 Å². The molecule has 0 aromatic heterocycles. The number of nitrogens with one attached hydrogen (secondary N) is 1. The van der Waals surface area contributed by atoms with Crippen molar-refractivity contribution in [1.29, 1.82) is 0 Å². The van der Waals surface area contributed by atoms with Crippen molar-refractivity contribution in [3.8, 4) is 11.5 Å². The summed E-state index contributed by atoms with van der Waals surface area (Å²) in [6.45, 7) is 1.71. The zero-order valence-corrected chi connectivity index (χ0v) is 17.5. The Morgan fingerprint density at radius 3 is 2.48 bits per heavy atom. The van der Waals surface area contributed by atoms with Crippen LogP contribution in [-0.2, 0) is 0 Å². The van der Waals surface area contributed by atoms with Crippen LogP contribution in [0.4, 0.5) is 11.4 Å². The molecule has 160 valence electrons. The number of amides is 1. The van der Waals surface area contributed by atoms with Crippen molar-refractivity contribution in [3.63, 3.8) is 0 Å². The number of rotatable bonds is 7. The summed E-state index contributed by atoms with van der Waals surface area (Å²) in [5.74, 6) is 0.698. The molecule has 4 rings (SSSR count). The van der Waals surface area contributed by atoms with E-state index in [4.69, 9.17) is 4.74 Å². The van der Waals surface area contributed by atoms with Crippen molar-refractivity contribution in [2.24, 2.45) is 0 Å². The molecule has 1 atom stereocenters. The van der Waals surface area contributed by atoms with E-state index in [9.17, 15) is 9.90 Å². The average Bonchev–Trinajstić information content (AvgIpc) is 2.82. The lowest BCUT2D eigenvalue weighted by molar-refractivity contribution is 0.0998. The highest BCUT2D eigenvalue weighted by molar-refractivity contribution is 6.11. The molecule has 1 fully saturated rings. The Morgan fingerprint density at radius 2 is 1.74 bits per heavy atom. The summed E-state index contributed by atoms with van der Waals surface area (Å²) < 4.78 is 5.96. The predicted molar refractivity (Wildman–Crippen MR) is 123 cm³/mol. The van der Waals surface area contributed by atoms with E-state index in [2.05, 4.69) is 5.32 Å². The standard InChI is InChI=1S/C26H28N2O3/c29-24-14-12-23(13-15-24)28(22-9-2-1-3-10-22)26(30)20-7-6-11-25(19-20)31-18-16-21-8-4-5-17-27-21/h1-3,6-7,9-15,19,21,27,29H,4-5,8,16-18H2. The van der Waals surface area contributed by atoms with Crippen molar-refractivity contribution in [3.05, 3.63) is 84.4 Å². The Bertz CT molecular complexity index is 983. The Hall–Kier alpha value is -3.31. The number of carbonyl (C=O) groups excluding carboxylic acids is 1. The number of piperidine rings is 1. The topological polar surface area (TPSA) is 61.8 Å². The van der Waals surface area contributed by atoms with Crippen LogP contribution in [0.15, 0.2) is 78.9 Å². The molecule has 5 heteroatoms. The van der Waals surface area contributed by atoms with E-state index >= 15 is 0 Å². The lowest BCUT2D eigenvalue weighted by atomic mass is 10.0. The minimum Gasteiger partial charge on any atom is -0.508 e. The second-order valence-electron chi connectivity index (χ2n) is 7.80. The molecule has 3 aromatic carbocycles. The number of anilines is 2. The first kappa shape index (κ1) is 20.9. The quantitative estimate of drug-likeness (QED) is 0.550. The van der Waals surface area contributed by atoms with Crippen LogP contribution < -0.4 is 15.0 Å². The summed E-state index contributed by atoms with van der Waals surface area (Å²) >= 11 is 0. The predicted octanol–water partition coefficient (Wildman–Crippen LogP) is 5.28. The van der Waals surface area contributed by atoms with Gasteiger partial charge in [-0.05, 0) is 80.4 Å². The summed E-state index contributed by atoms with van der Waals surface area (Å²) in [4.78, 5) is 15.1. The normalized spacial score (nSPS) is 15.9. The molecule has 0 aliphatic carbocycles. The second-order valence-corrected chi connectivity index (χ2v) is 7.80. The zero-order valence-electron chi connectivity index (χ0n) is 17.5. The average molecular weight is 417 g/mol. The SMILES string of the molecule is O=C(c1cccc(OCCC2CCCCN2)c1)N(c1ccccc1)c1ccc(O)cc1. The summed E-state index contributed by atoms with van der Waals surface area (Å²) in [6, 6.07) is 24.0. The van der Waals surface area contributed by atoms with Gasteiger partial charge in [-0.2, -0.15) is 0 Å². The van der Waals surface area contributed by atoms with Crippen LogP contribution in [0.2, 0.25) is 0 Å². The maximum Gasteiger partial charge on any atom is 0.262 e. The molecule has 0 saturated carbocycles. The van der Waals surface area contributed by atoms with Crippen LogP contribution >= 0.6 is 0 Å². The molecule has 1 aliphatic rings. The lowest BCUT2D eigenvalue weighted by Gasteiger charge is -2.24. The van der Waals surface area contributed by atoms with Crippen molar-refractivity contribution in [2.75, 3.05) is 18.1 Å². The Balaban J connectivity index is 1.51. The maximum absolute atomic E-state index is 13.5. The van der Waals surface area contributed by atoms with Gasteiger partial charge in [-0.1, -0.05) is 30.7 Å². The number of benzene rings is 3. The van der Waals surface area contributed by atoms with Crippen LogP contribution in [0, 0.1) is 0 Å². The second kappa shape index (κ2) is 10.1. The Labute approximate surface area is 183 Å². The third-order valence-electron chi connectivity index (χ3n) is 5.55. The lowest BCUT2D eigenvalue weighted by Crippen LogP contribution is -2.35. The smallest absolute Gasteiger partial charge is 0.262 e. The van der Waals surface area contributed by atoms with E-state index in [0.717, 1.165) is 18.7 Å². The first-order valence-corrected chi connectivity index (χ1v) is 10.9. The highest BCUT2D eigenvalue weighted by Crippen LogP contribution is 2.29. The van der Waals surface area contributed by atoms with Crippen LogP contribution in [0.5, 0.6) is 11.5 Å². The first-order valence-electron chi connectivity index (χ1n) is 10.9. The number of aromatic hydroxyl groups is 1. The maximum atomic E-state index is 13.5. The third-order valence-corrected chi connectivity index (χ3v) is 5.55. The van der Waals surface area contributed by atoms with Gasteiger partial charge in [-0.15, -0.1) is 0 Å². The van der Waals surface area contributed by atoms with Gasteiger partial charge < -0.3 is 15.2 Å². The molecule has 0 spiro atoms. The van der Waals surface area contributed by atoms with E-state index in [1.54, 1.807) is 41.3 Å². The molecule has 5 nitrogen and oxygen atoms in total. The van der Waals surface area contributed by atoms with E-state index in [1.165, 1.54) is 19.3 Å². The number of nitrogens with zero attached hydrogens (tertiary/aromatic N) is 1. The van der Waals surface area contributed by atoms with Gasteiger partial charge in [0.25, 0.3) is 5.91 Å². The molecule has 1 saturated heterocycles. The first-order chi connectivity index (χ1) is 15.2. The molecule has 1 amide bonds. The Kier molecular flexibility index (Phi) is 6.85. The molecule has 0 bridgehead atoms. The van der Waals surface area contributed by atoms with Crippen molar-refractivity contribution >= 4 is 17.3 Å². The van der Waals surface area contributed by atoms with Gasteiger partial charge in [0.15, 0.2) is 0 Å². The number of hydrogen-bond acceptors (Lipinski definition) is 4. The van der Waals surface area contributed by atoms with Gasteiger partial charge in [0, 0.05) is 23.0 Å². The molecular formula is C26H28N2O3. The van der Waals surface area contributed by atoms with Crippen molar-refractivity contribution < 1.29 is 14.6 Å². The number of para-hydroxylation sites is 1. The molecule has 31 heavy (non-hydrogen) atoms. The fraction of sp³-hybridized carbons (Fsp3) is 0.269. The molecular weight excluding hydrogens is 388 g/mol. The fourth-order valence-corrected chi connectivity index (χ4v) is 3.90. The monoisotopic (exact) mass is 416 g/mol. The van der Waals surface area contributed by atoms with E-state index < -0.39 is 0 Å². The minimum absolute atomic E-state index is 0.156. The van der Waals surface area contributed by atoms with Crippen LogP contribution in [0.25, 0.3) is 0 Å². The summed E-state index contributed by atoms with van der Waals surface area (Å²) in [6.07, 6.45) is 4.68. The largest absolute Gasteiger partial charge is 0.508 e. The highest BCUT2D eigenvalue weighted by Gasteiger charge is 2.20. The summed E-state index contributed by atoms with van der Waals surface area (Å²) in [5.41, 5.74) is 1.99. The van der Waals surface area contributed by atoms with E-state index in [0.29, 0.717) is 29.6 Å². The van der Waals surface area contributed by atoms with Gasteiger partial charge in [-0.25, -0.2) is 0 Å². The van der Waals surface area contributed by atoms with E-state index in [1.807, 2.05) is 42.5 Å². The van der Waals surface area contributed by atoms with Crippen LogP contribution in [-0.4, -0.2) is 30.2 Å². The number of carbonyl (C=O) groups is 1. The molecule has 3 aromatic rings. The summed E-state index contributed by atoms with van der Waals surface area (Å²) in [5, 5.41) is 13.2. The van der Waals surface area contributed by atoms with Gasteiger partial charge >= 0.3 is 0 Å². The molecule has 1 heterocycles. The number of phenols is 1. The number of phenolic OH excluding ortho intramolecular Hbond substituents is 1. The summed E-state index contributed by atoms with van der Waals surface area (Å²) in [7, 11) is 0. The zero-order chi connectivity index (χ0) is 21.5. The third kappa shape index (κ3) is 5.44. The minimum atomic E-state index is -0.156. The molecule has 2 N–H and O–H groups in total. The van der Waals surface area contributed by atoms with Gasteiger partial charge in [0.2, 0.25) is 0 Å². The van der Waals surface area contributed by atoms with Crippen LogP contribution in [0.1, 0.15) is 36.0 Å². The van der Waals surface area contributed by atoms with Crippen molar-refractivity contribution in [1.82, 2.24) is 5.32 Å².